The number of carbonyl (C=O) groups is 1. The molecule has 2 heterocycles. The maximum atomic E-state index is 12.0. The van der Waals surface area contributed by atoms with Crippen molar-refractivity contribution in [1.29, 1.82) is 0 Å². The normalized spacial score (nSPS) is 26.6. The summed E-state index contributed by atoms with van der Waals surface area (Å²) in [5, 5.41) is 20.4. The number of nitrogens with one attached hydrogen (secondary N) is 1. The Balaban J connectivity index is 2.17. The number of aromatic nitrogens is 2. The molecule has 1 aromatic heterocycles. The topological polar surface area (TPSA) is 157 Å². The van der Waals surface area contributed by atoms with Gasteiger partial charge >= 0.3 is 11.7 Å². The van der Waals surface area contributed by atoms with Crippen LogP contribution in [-0.4, -0.2) is 56.7 Å². The number of rotatable bonds is 6. The molecule has 0 amide bonds. The Morgan fingerprint density at radius 2 is 2.11 bits per heavy atom. The van der Waals surface area contributed by atoms with Crippen molar-refractivity contribution < 1.29 is 24.5 Å². The van der Waals surface area contributed by atoms with Crippen LogP contribution in [0.1, 0.15) is 25.6 Å². The van der Waals surface area contributed by atoms with Crippen molar-refractivity contribution in [1.82, 2.24) is 9.55 Å². The molecule has 27 heavy (non-hydrogen) atoms. The number of hydrogen-bond acceptors (Lipinski definition) is 8. The molecule has 1 aromatic rings. The Hall–Kier alpha value is -1.98. The second-order valence-electron chi connectivity index (χ2n) is 6.49. The molecule has 1 aliphatic rings. The number of nitrogens with zero attached hydrogens (tertiary/aromatic N) is 1. The van der Waals surface area contributed by atoms with Crippen LogP contribution in [0.3, 0.4) is 0 Å². The first-order valence-corrected chi connectivity index (χ1v) is 8.67. The molecule has 1 aliphatic heterocycles. The molecule has 0 aliphatic carbocycles. The van der Waals surface area contributed by atoms with Crippen molar-refractivity contribution in [3.8, 4) is 0 Å². The zero-order valence-corrected chi connectivity index (χ0v) is 15.5. The van der Waals surface area contributed by atoms with E-state index in [1.54, 1.807) is 13.8 Å². The number of halogens is 1. The average molecular weight is 404 g/mol. The van der Waals surface area contributed by atoms with Gasteiger partial charge in [-0.25, -0.2) is 4.79 Å². The van der Waals surface area contributed by atoms with Crippen LogP contribution < -0.4 is 17.0 Å². The van der Waals surface area contributed by atoms with E-state index < -0.39 is 47.8 Å². The second kappa shape index (κ2) is 8.81. The Kier molecular flexibility index (Phi) is 6.95. The minimum atomic E-state index is -1.50. The van der Waals surface area contributed by atoms with E-state index >= 15 is 0 Å². The second-order valence-corrected chi connectivity index (χ2v) is 6.74. The molecule has 5 N–H and O–H groups in total. The summed E-state index contributed by atoms with van der Waals surface area (Å²) in [6.45, 7) is 3.14. The van der Waals surface area contributed by atoms with Crippen LogP contribution in [0.15, 0.2) is 21.3 Å². The van der Waals surface area contributed by atoms with Crippen LogP contribution in [0.4, 0.5) is 0 Å². The number of hydrogen-bond donors (Lipinski definition) is 4. The van der Waals surface area contributed by atoms with Gasteiger partial charge in [-0.05, 0) is 12.0 Å². The molecule has 0 aromatic carbocycles. The fourth-order valence-corrected chi connectivity index (χ4v) is 2.64. The monoisotopic (exact) mass is 403 g/mol. The minimum Gasteiger partial charge on any atom is -0.462 e. The number of esters is 1. The van der Waals surface area contributed by atoms with Gasteiger partial charge in [0.1, 0.15) is 31.0 Å². The van der Waals surface area contributed by atoms with E-state index in [1.807, 2.05) is 0 Å². The van der Waals surface area contributed by atoms with E-state index in [9.17, 15) is 24.6 Å². The number of nitrogens with two attached hydrogens (primary N) is 1. The number of aliphatic hydroxyl groups excluding tert-OH is 2. The molecular formula is C16H22ClN3O7. The lowest BCUT2D eigenvalue weighted by Crippen LogP contribution is -2.40. The Bertz CT molecular complexity index is 819. The van der Waals surface area contributed by atoms with Gasteiger partial charge in [0.25, 0.3) is 5.56 Å². The number of aliphatic hydroxyl groups is 2. The molecule has 5 unspecified atom stereocenters. The first-order chi connectivity index (χ1) is 12.7. The first-order valence-electron chi connectivity index (χ1n) is 8.23. The quantitative estimate of drug-likeness (QED) is 0.435. The first kappa shape index (κ1) is 21.3. The molecule has 5 atom stereocenters. The van der Waals surface area contributed by atoms with E-state index in [1.165, 1.54) is 6.08 Å². The van der Waals surface area contributed by atoms with Crippen molar-refractivity contribution >= 4 is 23.6 Å². The Morgan fingerprint density at radius 3 is 2.70 bits per heavy atom. The van der Waals surface area contributed by atoms with Gasteiger partial charge in [-0.15, -0.1) is 0 Å². The molecule has 1 fully saturated rings. The van der Waals surface area contributed by atoms with Gasteiger partial charge in [0.2, 0.25) is 0 Å². The third-order valence-corrected chi connectivity index (χ3v) is 4.36. The highest BCUT2D eigenvalue weighted by atomic mass is 35.5. The zero-order valence-electron chi connectivity index (χ0n) is 14.7. The summed E-state index contributed by atoms with van der Waals surface area (Å²) in [7, 11) is 0. The number of aromatic amines is 1. The van der Waals surface area contributed by atoms with Gasteiger partial charge < -0.3 is 25.4 Å². The Labute approximate surface area is 159 Å². The molecule has 150 valence electrons. The van der Waals surface area contributed by atoms with Crippen LogP contribution in [0.25, 0.3) is 6.08 Å². The van der Waals surface area contributed by atoms with Gasteiger partial charge in [0.15, 0.2) is 6.23 Å². The molecule has 0 radical (unpaired) electrons. The minimum absolute atomic E-state index is 0.0488. The van der Waals surface area contributed by atoms with Gasteiger partial charge in [0, 0.05) is 11.7 Å². The van der Waals surface area contributed by atoms with Gasteiger partial charge in [-0.3, -0.25) is 19.1 Å². The van der Waals surface area contributed by atoms with Crippen LogP contribution in [0, 0.1) is 5.92 Å². The van der Waals surface area contributed by atoms with Crippen LogP contribution in [-0.2, 0) is 14.3 Å². The van der Waals surface area contributed by atoms with Gasteiger partial charge in [-0.1, -0.05) is 25.4 Å². The predicted molar refractivity (Wildman–Crippen MR) is 95.9 cm³/mol. The average Bonchev–Trinajstić information content (AvgIpc) is 2.89. The molecule has 0 bridgehead atoms. The summed E-state index contributed by atoms with van der Waals surface area (Å²) in [6, 6.07) is -0.837. The van der Waals surface area contributed by atoms with E-state index in [4.69, 9.17) is 26.8 Å². The van der Waals surface area contributed by atoms with Crippen molar-refractivity contribution in [2.75, 3.05) is 6.61 Å². The highest BCUT2D eigenvalue weighted by Crippen LogP contribution is 2.28. The van der Waals surface area contributed by atoms with Crippen molar-refractivity contribution in [2.24, 2.45) is 11.7 Å². The molecule has 2 rings (SSSR count). The smallest absolute Gasteiger partial charge is 0.330 e. The third kappa shape index (κ3) is 4.66. The molecule has 11 heteroatoms. The van der Waals surface area contributed by atoms with Gasteiger partial charge in [-0.2, -0.15) is 0 Å². The highest BCUT2D eigenvalue weighted by molar-refractivity contribution is 6.27. The number of H-pyrrole nitrogens is 1. The lowest BCUT2D eigenvalue weighted by Gasteiger charge is -2.18. The largest absolute Gasteiger partial charge is 0.462 e. The van der Waals surface area contributed by atoms with Crippen LogP contribution in [0.5, 0.6) is 0 Å². The standard InChI is InChI=1S/C16H22ClN3O7/c1-7(2)10(18)15(24)26-6-9-11(21)12(22)14(27-9)20-5-8(3-4-17)13(23)19-16(20)25/h3-5,7,9-12,14,21-22H,6,18H2,1-2H3,(H,19,23,25). The zero-order chi connectivity index (χ0) is 20.3. The fourth-order valence-electron chi connectivity index (χ4n) is 2.51. The van der Waals surface area contributed by atoms with Crippen molar-refractivity contribution in [3.63, 3.8) is 0 Å². The molecule has 0 saturated carbocycles. The van der Waals surface area contributed by atoms with E-state index in [2.05, 4.69) is 4.98 Å². The maximum absolute atomic E-state index is 12.0. The summed E-state index contributed by atoms with van der Waals surface area (Å²) in [5.41, 5.74) is 5.30. The highest BCUT2D eigenvalue weighted by Gasteiger charge is 2.45. The fraction of sp³-hybridized carbons (Fsp3) is 0.562. The lowest BCUT2D eigenvalue weighted by atomic mass is 10.1. The van der Waals surface area contributed by atoms with Crippen molar-refractivity contribution in [3.05, 3.63) is 38.1 Å². The maximum Gasteiger partial charge on any atom is 0.330 e. The predicted octanol–water partition coefficient (Wildman–Crippen LogP) is -1.11. The van der Waals surface area contributed by atoms with Gasteiger partial charge in [0.05, 0.1) is 5.56 Å². The summed E-state index contributed by atoms with van der Waals surface area (Å²) < 4.78 is 11.4. The number of ether oxygens (including phenoxy) is 2. The molecular weight excluding hydrogens is 382 g/mol. The van der Waals surface area contributed by atoms with E-state index in [0.29, 0.717) is 0 Å². The molecule has 0 spiro atoms. The van der Waals surface area contributed by atoms with E-state index in [-0.39, 0.29) is 18.1 Å². The molecule has 1 saturated heterocycles. The van der Waals surface area contributed by atoms with Crippen LogP contribution in [0.2, 0.25) is 0 Å². The third-order valence-electron chi connectivity index (χ3n) is 4.23. The summed E-state index contributed by atoms with van der Waals surface area (Å²) >= 11 is 5.45. The summed E-state index contributed by atoms with van der Waals surface area (Å²) in [6.07, 6.45) is -2.91. The Morgan fingerprint density at radius 1 is 1.44 bits per heavy atom. The van der Waals surface area contributed by atoms with Crippen molar-refractivity contribution in [2.45, 2.75) is 44.4 Å². The molecule has 10 nitrogen and oxygen atoms in total. The SMILES string of the molecule is CC(C)C(N)C(=O)OCC1OC(n2cc(C=CCl)c(=O)[nH]c2=O)C(O)C1O. The number of carbonyl (C=O) groups excluding carboxylic acids is 1. The van der Waals surface area contributed by atoms with Crippen LogP contribution >= 0.6 is 11.6 Å². The summed E-state index contributed by atoms with van der Waals surface area (Å²) in [4.78, 5) is 37.6. The summed E-state index contributed by atoms with van der Waals surface area (Å²) in [5.74, 6) is -0.812. The van der Waals surface area contributed by atoms with E-state index in [0.717, 1.165) is 16.3 Å². The lowest BCUT2D eigenvalue weighted by molar-refractivity contribution is -0.152.